The molecule has 1 N–H and O–H groups in total. The highest BCUT2D eigenvalue weighted by Gasteiger charge is 2.10. The Morgan fingerprint density at radius 2 is 1.59 bits per heavy atom. The molecule has 0 fully saturated rings. The number of hydrogen-bond donors (Lipinski definition) is 1. The number of aromatic amines is 1. The van der Waals surface area contributed by atoms with Gasteiger partial charge in [0.2, 0.25) is 5.56 Å². The zero-order valence-corrected chi connectivity index (χ0v) is 11.1. The highest BCUT2D eigenvalue weighted by Crippen LogP contribution is 2.35. The van der Waals surface area contributed by atoms with Crippen LogP contribution in [-0.4, -0.2) is 4.98 Å². The van der Waals surface area contributed by atoms with E-state index in [1.807, 2.05) is 6.92 Å². The lowest BCUT2D eigenvalue weighted by Gasteiger charge is -2.09. The van der Waals surface area contributed by atoms with Crippen LogP contribution in [0.3, 0.4) is 0 Å². The predicted octanol–water partition coefficient (Wildman–Crippen LogP) is 4.31. The molecule has 88 valence electrons. The van der Waals surface area contributed by atoms with Crippen LogP contribution in [0.1, 0.15) is 5.56 Å². The minimum atomic E-state index is -0.151. The molecule has 0 bridgehead atoms. The van der Waals surface area contributed by atoms with E-state index < -0.39 is 0 Å². The fourth-order valence-electron chi connectivity index (χ4n) is 1.59. The Bertz CT molecular complexity index is 634. The van der Waals surface area contributed by atoms with Crippen molar-refractivity contribution in [3.8, 4) is 11.1 Å². The monoisotopic (exact) mass is 287 g/mol. The van der Waals surface area contributed by atoms with Gasteiger partial charge >= 0.3 is 0 Å². The second-order valence-electron chi connectivity index (χ2n) is 3.64. The van der Waals surface area contributed by atoms with Crippen molar-refractivity contribution in [1.29, 1.82) is 0 Å². The molecule has 0 atom stereocenters. The Morgan fingerprint density at radius 1 is 0.941 bits per heavy atom. The Morgan fingerprint density at radius 3 is 2.24 bits per heavy atom. The van der Waals surface area contributed by atoms with Gasteiger partial charge in [0, 0.05) is 23.4 Å². The fourth-order valence-corrected chi connectivity index (χ4v) is 2.24. The molecule has 0 saturated heterocycles. The van der Waals surface area contributed by atoms with Gasteiger partial charge in [0.25, 0.3) is 0 Å². The Hall–Kier alpha value is -0.960. The smallest absolute Gasteiger partial charge is 0.248 e. The van der Waals surface area contributed by atoms with Crippen molar-refractivity contribution >= 4 is 34.8 Å². The van der Waals surface area contributed by atoms with Crippen molar-refractivity contribution in [3.63, 3.8) is 0 Å². The van der Waals surface area contributed by atoms with Gasteiger partial charge in [0.1, 0.15) is 0 Å². The number of nitrogens with one attached hydrogen (secondary N) is 1. The number of aromatic nitrogens is 1. The molecule has 17 heavy (non-hydrogen) atoms. The van der Waals surface area contributed by atoms with Gasteiger partial charge in [-0.2, -0.15) is 0 Å². The Kier molecular flexibility index (Phi) is 3.48. The summed E-state index contributed by atoms with van der Waals surface area (Å²) in [5.74, 6) is 0. The Balaban J connectivity index is 2.68. The first-order chi connectivity index (χ1) is 7.99. The summed E-state index contributed by atoms with van der Waals surface area (Å²) in [4.78, 5) is 13.8. The molecule has 1 heterocycles. The molecular formula is C12H8Cl3NO. The molecule has 5 heteroatoms. The number of benzene rings is 1. The molecule has 0 aliphatic heterocycles. The van der Waals surface area contributed by atoms with Gasteiger partial charge in [-0.3, -0.25) is 4.79 Å². The summed E-state index contributed by atoms with van der Waals surface area (Å²) < 4.78 is 0. The summed E-state index contributed by atoms with van der Waals surface area (Å²) in [6.45, 7) is 1.84. The zero-order chi connectivity index (χ0) is 12.6. The summed E-state index contributed by atoms with van der Waals surface area (Å²) in [5, 5.41) is 1.33. The second kappa shape index (κ2) is 4.73. The molecule has 0 amide bonds. The SMILES string of the molecule is Cc1cc(=O)[nH]cc1-c1cc(Cl)c(Cl)cc1Cl. The summed E-state index contributed by atoms with van der Waals surface area (Å²) in [5.41, 5.74) is 2.25. The van der Waals surface area contributed by atoms with Crippen molar-refractivity contribution in [2.24, 2.45) is 0 Å². The molecule has 1 aromatic carbocycles. The highest BCUT2D eigenvalue weighted by molar-refractivity contribution is 6.44. The summed E-state index contributed by atoms with van der Waals surface area (Å²) in [6.07, 6.45) is 1.61. The lowest BCUT2D eigenvalue weighted by molar-refractivity contribution is 1.21. The van der Waals surface area contributed by atoms with Gasteiger partial charge in [-0.25, -0.2) is 0 Å². The molecule has 0 aliphatic carbocycles. The number of pyridine rings is 1. The van der Waals surface area contributed by atoms with Gasteiger partial charge in [-0.1, -0.05) is 34.8 Å². The second-order valence-corrected chi connectivity index (χ2v) is 4.86. The number of rotatable bonds is 1. The minimum Gasteiger partial charge on any atom is -0.328 e. The summed E-state index contributed by atoms with van der Waals surface area (Å²) in [6, 6.07) is 4.78. The van der Waals surface area contributed by atoms with E-state index in [0.717, 1.165) is 16.7 Å². The van der Waals surface area contributed by atoms with Crippen LogP contribution in [0.15, 0.2) is 29.2 Å². The fraction of sp³-hybridized carbons (Fsp3) is 0.0833. The van der Waals surface area contributed by atoms with Crippen LogP contribution in [0, 0.1) is 6.92 Å². The van der Waals surface area contributed by atoms with Gasteiger partial charge < -0.3 is 4.98 Å². The number of aryl methyl sites for hydroxylation is 1. The van der Waals surface area contributed by atoms with E-state index >= 15 is 0 Å². The van der Waals surface area contributed by atoms with Crippen molar-refractivity contribution in [2.45, 2.75) is 6.92 Å². The molecule has 2 rings (SSSR count). The predicted molar refractivity (Wildman–Crippen MR) is 72.3 cm³/mol. The van der Waals surface area contributed by atoms with E-state index in [2.05, 4.69) is 4.98 Å². The molecular weight excluding hydrogens is 280 g/mol. The lowest BCUT2D eigenvalue weighted by Crippen LogP contribution is -2.04. The number of halogens is 3. The lowest BCUT2D eigenvalue weighted by atomic mass is 10.0. The average Bonchev–Trinajstić information content (AvgIpc) is 2.24. The van der Waals surface area contributed by atoms with Gasteiger partial charge in [-0.05, 0) is 24.6 Å². The largest absolute Gasteiger partial charge is 0.328 e. The molecule has 0 unspecified atom stereocenters. The molecule has 2 nitrogen and oxygen atoms in total. The van der Waals surface area contributed by atoms with Crippen molar-refractivity contribution in [1.82, 2.24) is 4.98 Å². The van der Waals surface area contributed by atoms with E-state index in [1.165, 1.54) is 6.07 Å². The average molecular weight is 289 g/mol. The third kappa shape index (κ3) is 2.49. The topological polar surface area (TPSA) is 32.9 Å². The maximum absolute atomic E-state index is 11.1. The van der Waals surface area contributed by atoms with E-state index in [1.54, 1.807) is 18.3 Å². The van der Waals surface area contributed by atoms with Gasteiger partial charge in [0.05, 0.1) is 15.1 Å². The van der Waals surface area contributed by atoms with Crippen LogP contribution in [0.25, 0.3) is 11.1 Å². The molecule has 0 saturated carbocycles. The van der Waals surface area contributed by atoms with Crippen molar-refractivity contribution in [3.05, 3.63) is 55.4 Å². The highest BCUT2D eigenvalue weighted by atomic mass is 35.5. The van der Waals surface area contributed by atoms with Gasteiger partial charge in [-0.15, -0.1) is 0 Å². The summed E-state index contributed by atoms with van der Waals surface area (Å²) >= 11 is 17.9. The maximum Gasteiger partial charge on any atom is 0.248 e. The Labute approximate surface area is 113 Å². The molecule has 0 radical (unpaired) electrons. The minimum absolute atomic E-state index is 0.151. The van der Waals surface area contributed by atoms with E-state index in [0.29, 0.717) is 15.1 Å². The van der Waals surface area contributed by atoms with Crippen LogP contribution in [0.2, 0.25) is 15.1 Å². The van der Waals surface area contributed by atoms with Crippen LogP contribution < -0.4 is 5.56 Å². The van der Waals surface area contributed by atoms with Crippen molar-refractivity contribution in [2.75, 3.05) is 0 Å². The van der Waals surface area contributed by atoms with Gasteiger partial charge in [0.15, 0.2) is 0 Å². The first-order valence-corrected chi connectivity index (χ1v) is 5.96. The summed E-state index contributed by atoms with van der Waals surface area (Å²) in [7, 11) is 0. The quantitative estimate of drug-likeness (QED) is 0.779. The molecule has 1 aromatic heterocycles. The maximum atomic E-state index is 11.1. The van der Waals surface area contributed by atoms with Crippen molar-refractivity contribution < 1.29 is 0 Å². The molecule has 2 aromatic rings. The van der Waals surface area contributed by atoms with Crippen LogP contribution in [0.4, 0.5) is 0 Å². The normalized spacial score (nSPS) is 10.6. The first-order valence-electron chi connectivity index (χ1n) is 4.83. The molecule has 0 spiro atoms. The van der Waals surface area contributed by atoms with Crippen LogP contribution >= 0.6 is 34.8 Å². The zero-order valence-electron chi connectivity index (χ0n) is 8.85. The van der Waals surface area contributed by atoms with E-state index in [-0.39, 0.29) is 5.56 Å². The number of H-pyrrole nitrogens is 1. The van der Waals surface area contributed by atoms with Crippen LogP contribution in [0.5, 0.6) is 0 Å². The third-order valence-electron chi connectivity index (χ3n) is 2.43. The first kappa shape index (κ1) is 12.5. The van der Waals surface area contributed by atoms with Crippen LogP contribution in [-0.2, 0) is 0 Å². The van der Waals surface area contributed by atoms with E-state index in [4.69, 9.17) is 34.8 Å². The molecule has 0 aliphatic rings. The number of hydrogen-bond acceptors (Lipinski definition) is 1. The third-order valence-corrected chi connectivity index (χ3v) is 3.47. The standard InChI is InChI=1S/C12H8Cl3NO/c1-6-2-12(17)16-5-8(6)7-3-10(14)11(15)4-9(7)13/h2-5H,1H3,(H,16,17). The van der Waals surface area contributed by atoms with E-state index in [9.17, 15) is 4.79 Å².